The number of aromatic amines is 1. The molecule has 4 rings (SSSR count). The molecule has 0 spiro atoms. The summed E-state index contributed by atoms with van der Waals surface area (Å²) < 4.78 is 0. The van der Waals surface area contributed by atoms with Crippen molar-refractivity contribution in [3.63, 3.8) is 0 Å². The SMILES string of the molecule is CCN1CCN=C1N1CCC(c2c[nH]c3ncccc23)CC1. The fraction of sp³-hybridized carbons (Fsp3) is 0.529. The number of fused-ring (bicyclic) bond motifs is 1. The summed E-state index contributed by atoms with van der Waals surface area (Å²) in [5.74, 6) is 1.85. The first-order valence-electron chi connectivity index (χ1n) is 8.33. The minimum atomic E-state index is 0.631. The van der Waals surface area contributed by atoms with Crippen LogP contribution in [0.25, 0.3) is 11.0 Å². The Morgan fingerprint density at radius 1 is 1.27 bits per heavy atom. The van der Waals surface area contributed by atoms with Crippen molar-refractivity contribution >= 4 is 17.0 Å². The molecule has 1 saturated heterocycles. The Kier molecular flexibility index (Phi) is 3.48. The molecule has 2 aromatic heterocycles. The topological polar surface area (TPSA) is 47.5 Å². The van der Waals surface area contributed by atoms with Gasteiger partial charge in [0.1, 0.15) is 5.65 Å². The smallest absolute Gasteiger partial charge is 0.196 e. The molecule has 0 bridgehead atoms. The van der Waals surface area contributed by atoms with Crippen molar-refractivity contribution in [1.29, 1.82) is 0 Å². The summed E-state index contributed by atoms with van der Waals surface area (Å²) in [5, 5.41) is 1.29. The van der Waals surface area contributed by atoms with E-state index >= 15 is 0 Å². The molecule has 22 heavy (non-hydrogen) atoms. The van der Waals surface area contributed by atoms with Crippen LogP contribution in [0.2, 0.25) is 0 Å². The van der Waals surface area contributed by atoms with Gasteiger partial charge in [-0.05, 0) is 43.4 Å². The van der Waals surface area contributed by atoms with Crippen molar-refractivity contribution in [3.8, 4) is 0 Å². The van der Waals surface area contributed by atoms with Crippen LogP contribution in [0.5, 0.6) is 0 Å². The number of hydrogen-bond donors (Lipinski definition) is 1. The molecule has 5 nitrogen and oxygen atoms in total. The van der Waals surface area contributed by atoms with Gasteiger partial charge in [-0.3, -0.25) is 4.99 Å². The molecule has 0 unspecified atom stereocenters. The van der Waals surface area contributed by atoms with Crippen LogP contribution in [0, 0.1) is 0 Å². The van der Waals surface area contributed by atoms with Crippen LogP contribution in [0.3, 0.4) is 0 Å². The third kappa shape index (κ3) is 2.25. The monoisotopic (exact) mass is 297 g/mol. The molecule has 4 heterocycles. The molecule has 0 aliphatic carbocycles. The van der Waals surface area contributed by atoms with Gasteiger partial charge in [0.25, 0.3) is 0 Å². The first kappa shape index (κ1) is 13.6. The first-order valence-corrected chi connectivity index (χ1v) is 8.33. The molecule has 0 amide bonds. The van der Waals surface area contributed by atoms with Crippen molar-refractivity contribution in [3.05, 3.63) is 30.1 Å². The summed E-state index contributed by atoms with van der Waals surface area (Å²) in [6.45, 7) is 7.52. The Morgan fingerprint density at radius 3 is 2.95 bits per heavy atom. The highest BCUT2D eigenvalue weighted by Gasteiger charge is 2.28. The second-order valence-electron chi connectivity index (χ2n) is 6.17. The predicted molar refractivity (Wildman–Crippen MR) is 89.2 cm³/mol. The Labute approximate surface area is 131 Å². The maximum Gasteiger partial charge on any atom is 0.196 e. The molecular weight excluding hydrogens is 274 g/mol. The number of likely N-dealkylation sites (tertiary alicyclic amines) is 1. The lowest BCUT2D eigenvalue weighted by Gasteiger charge is -2.36. The number of H-pyrrole nitrogens is 1. The van der Waals surface area contributed by atoms with E-state index < -0.39 is 0 Å². The lowest BCUT2D eigenvalue weighted by atomic mass is 9.89. The molecule has 0 aromatic carbocycles. The third-order valence-corrected chi connectivity index (χ3v) is 4.99. The molecule has 5 heteroatoms. The lowest BCUT2D eigenvalue weighted by Crippen LogP contribution is -2.45. The molecule has 0 atom stereocenters. The number of aromatic nitrogens is 2. The van der Waals surface area contributed by atoms with Gasteiger partial charge >= 0.3 is 0 Å². The summed E-state index contributed by atoms with van der Waals surface area (Å²) >= 11 is 0. The van der Waals surface area contributed by atoms with Crippen molar-refractivity contribution in [2.24, 2.45) is 4.99 Å². The van der Waals surface area contributed by atoms with Crippen LogP contribution in [-0.4, -0.2) is 58.5 Å². The summed E-state index contributed by atoms with van der Waals surface area (Å²) in [6, 6.07) is 4.21. The minimum absolute atomic E-state index is 0.631. The van der Waals surface area contributed by atoms with Crippen LogP contribution in [0.4, 0.5) is 0 Å². The van der Waals surface area contributed by atoms with Crippen LogP contribution in [0.15, 0.2) is 29.5 Å². The van der Waals surface area contributed by atoms with Crippen molar-refractivity contribution in [1.82, 2.24) is 19.8 Å². The van der Waals surface area contributed by atoms with E-state index in [1.54, 1.807) is 0 Å². The van der Waals surface area contributed by atoms with Gasteiger partial charge in [-0.25, -0.2) is 4.98 Å². The van der Waals surface area contributed by atoms with E-state index in [1.165, 1.54) is 29.8 Å². The van der Waals surface area contributed by atoms with Gasteiger partial charge in [0.2, 0.25) is 0 Å². The molecule has 1 fully saturated rings. The van der Waals surface area contributed by atoms with E-state index in [0.717, 1.165) is 38.4 Å². The van der Waals surface area contributed by atoms with Gasteiger partial charge in [0.15, 0.2) is 5.96 Å². The molecule has 2 aromatic rings. The van der Waals surface area contributed by atoms with Crippen molar-refractivity contribution < 1.29 is 0 Å². The predicted octanol–water partition coefficient (Wildman–Crippen LogP) is 2.43. The number of rotatable bonds is 2. The number of nitrogens with zero attached hydrogens (tertiary/aromatic N) is 4. The molecule has 2 aliphatic heterocycles. The zero-order valence-corrected chi connectivity index (χ0v) is 13.1. The maximum absolute atomic E-state index is 4.70. The summed E-state index contributed by atoms with van der Waals surface area (Å²) in [7, 11) is 0. The van der Waals surface area contributed by atoms with Gasteiger partial charge in [-0.1, -0.05) is 0 Å². The second-order valence-corrected chi connectivity index (χ2v) is 6.17. The van der Waals surface area contributed by atoms with E-state index in [9.17, 15) is 0 Å². The molecule has 1 N–H and O–H groups in total. The number of likely N-dealkylation sites (N-methyl/N-ethyl adjacent to an activating group) is 1. The van der Waals surface area contributed by atoms with Gasteiger partial charge in [-0.2, -0.15) is 0 Å². The fourth-order valence-corrected chi connectivity index (χ4v) is 3.78. The maximum atomic E-state index is 4.70. The standard InChI is InChI=1S/C17H23N5/c1-2-21-11-8-19-17(21)22-9-5-13(6-10-22)15-12-20-16-14(15)4-3-7-18-16/h3-4,7,12-13H,2,5-6,8-11H2,1H3,(H,18,20). The highest BCUT2D eigenvalue weighted by Crippen LogP contribution is 2.32. The Bertz CT molecular complexity index is 681. The van der Waals surface area contributed by atoms with Crippen LogP contribution < -0.4 is 0 Å². The number of piperidine rings is 1. The summed E-state index contributed by atoms with van der Waals surface area (Å²) in [4.78, 5) is 17.3. The normalized spacial score (nSPS) is 20.0. The summed E-state index contributed by atoms with van der Waals surface area (Å²) in [5.41, 5.74) is 2.45. The van der Waals surface area contributed by atoms with Crippen molar-refractivity contribution in [2.75, 3.05) is 32.7 Å². The average Bonchev–Trinajstić information content (AvgIpc) is 3.21. The number of aliphatic imine (C=N–C) groups is 1. The zero-order valence-electron chi connectivity index (χ0n) is 13.1. The number of pyridine rings is 1. The van der Waals surface area contributed by atoms with Crippen molar-refractivity contribution in [2.45, 2.75) is 25.7 Å². The van der Waals surface area contributed by atoms with Gasteiger partial charge in [0.05, 0.1) is 6.54 Å². The van der Waals surface area contributed by atoms with Crippen LogP contribution >= 0.6 is 0 Å². The van der Waals surface area contributed by atoms with E-state index in [0.29, 0.717) is 5.92 Å². The van der Waals surface area contributed by atoms with Gasteiger partial charge in [0, 0.05) is 44.0 Å². The van der Waals surface area contributed by atoms with Crippen LogP contribution in [0.1, 0.15) is 31.2 Å². The van der Waals surface area contributed by atoms with E-state index in [4.69, 9.17) is 4.99 Å². The Balaban J connectivity index is 1.48. The number of hydrogen-bond acceptors (Lipinski definition) is 4. The Morgan fingerprint density at radius 2 is 2.14 bits per heavy atom. The lowest BCUT2D eigenvalue weighted by molar-refractivity contribution is 0.279. The van der Waals surface area contributed by atoms with E-state index in [-0.39, 0.29) is 0 Å². The zero-order chi connectivity index (χ0) is 14.9. The highest BCUT2D eigenvalue weighted by molar-refractivity contribution is 5.82. The summed E-state index contributed by atoms with van der Waals surface area (Å²) in [6.07, 6.45) is 6.39. The molecule has 0 saturated carbocycles. The van der Waals surface area contributed by atoms with E-state index in [1.807, 2.05) is 12.3 Å². The Hall–Kier alpha value is -2.04. The average molecular weight is 297 g/mol. The minimum Gasteiger partial charge on any atom is -0.346 e. The molecule has 0 radical (unpaired) electrons. The number of guanidine groups is 1. The number of nitrogens with one attached hydrogen (secondary N) is 1. The van der Waals surface area contributed by atoms with E-state index in [2.05, 4.69) is 39.0 Å². The molecular formula is C17H23N5. The first-order chi connectivity index (χ1) is 10.9. The largest absolute Gasteiger partial charge is 0.346 e. The molecule has 2 aliphatic rings. The fourth-order valence-electron chi connectivity index (χ4n) is 3.78. The van der Waals surface area contributed by atoms with Crippen LogP contribution in [-0.2, 0) is 0 Å². The molecule has 116 valence electrons. The third-order valence-electron chi connectivity index (χ3n) is 4.99. The van der Waals surface area contributed by atoms with Gasteiger partial charge in [-0.15, -0.1) is 0 Å². The quantitative estimate of drug-likeness (QED) is 0.926. The second kappa shape index (κ2) is 5.63. The highest BCUT2D eigenvalue weighted by atomic mass is 15.4. The van der Waals surface area contributed by atoms with Gasteiger partial charge < -0.3 is 14.8 Å².